The molecule has 3 rings (SSSR count). The minimum absolute atomic E-state index is 0.392. The molecule has 1 aliphatic rings. The molecule has 2 heteroatoms. The van der Waals surface area contributed by atoms with Crippen LogP contribution in [0.3, 0.4) is 0 Å². The molecular weight excluding hydrogens is 290 g/mol. The zero-order valence-electron chi connectivity index (χ0n) is 12.2. The van der Waals surface area contributed by atoms with Gasteiger partial charge in [-0.25, -0.2) is 0 Å². The number of allylic oxidation sites excluding steroid dienone is 4. The molecule has 0 aromatic heterocycles. The standard InChI is InChI=1S/C19H20P2/c1-15(20)18-13-8-14-19(18)21(16-9-4-2-5-10-16)17-11-6-3-7-12-17/h2-15,19H,20H2,1H3/t15?,19-/m0/s1. The second-order valence-corrected chi connectivity index (χ2v) is 8.66. The van der Waals surface area contributed by atoms with Crippen LogP contribution in [0.1, 0.15) is 6.92 Å². The Bertz CT molecular complexity index is 602. The first-order valence-corrected chi connectivity index (χ1v) is 9.38. The van der Waals surface area contributed by atoms with Crippen molar-refractivity contribution < 1.29 is 0 Å². The summed E-state index contributed by atoms with van der Waals surface area (Å²) in [5.74, 6) is 0. The van der Waals surface area contributed by atoms with Gasteiger partial charge in [0, 0.05) is 5.66 Å². The fourth-order valence-corrected chi connectivity index (χ4v) is 6.08. The van der Waals surface area contributed by atoms with Crippen LogP contribution in [0.25, 0.3) is 0 Å². The van der Waals surface area contributed by atoms with Gasteiger partial charge in [0.05, 0.1) is 0 Å². The Hall–Kier alpha value is -1.22. The van der Waals surface area contributed by atoms with Gasteiger partial charge in [-0.2, -0.15) is 0 Å². The van der Waals surface area contributed by atoms with E-state index in [1.165, 1.54) is 16.2 Å². The molecule has 0 amide bonds. The first-order valence-electron chi connectivity index (χ1n) is 7.30. The summed E-state index contributed by atoms with van der Waals surface area (Å²) in [7, 11) is 2.56. The molecule has 0 saturated heterocycles. The van der Waals surface area contributed by atoms with E-state index in [1.54, 1.807) is 0 Å². The maximum atomic E-state index is 2.95. The number of rotatable bonds is 4. The zero-order valence-corrected chi connectivity index (χ0v) is 14.2. The quantitative estimate of drug-likeness (QED) is 0.741. The minimum atomic E-state index is -0.392. The minimum Gasteiger partial charge on any atom is -0.130 e. The molecule has 0 nitrogen and oxygen atoms in total. The van der Waals surface area contributed by atoms with Gasteiger partial charge in [0.2, 0.25) is 0 Å². The van der Waals surface area contributed by atoms with E-state index in [0.29, 0.717) is 11.3 Å². The van der Waals surface area contributed by atoms with E-state index in [2.05, 4.69) is 95.1 Å². The summed E-state index contributed by atoms with van der Waals surface area (Å²) in [5.41, 5.74) is 2.55. The van der Waals surface area contributed by atoms with E-state index >= 15 is 0 Å². The highest BCUT2D eigenvalue weighted by Gasteiger charge is 2.28. The third-order valence-corrected chi connectivity index (χ3v) is 6.92. The largest absolute Gasteiger partial charge is 0.130 e. The van der Waals surface area contributed by atoms with Gasteiger partial charge in [-0.1, -0.05) is 91.4 Å². The van der Waals surface area contributed by atoms with Crippen molar-refractivity contribution in [3.05, 3.63) is 84.5 Å². The number of hydrogen-bond acceptors (Lipinski definition) is 0. The van der Waals surface area contributed by atoms with E-state index in [0.717, 1.165) is 0 Å². The molecule has 0 saturated carbocycles. The van der Waals surface area contributed by atoms with Crippen LogP contribution in [0.5, 0.6) is 0 Å². The molecule has 3 atom stereocenters. The Kier molecular flexibility index (Phi) is 4.69. The normalized spacial score (nSPS) is 18.8. The fourth-order valence-electron chi connectivity index (χ4n) is 2.79. The van der Waals surface area contributed by atoms with Crippen LogP contribution >= 0.6 is 17.2 Å². The lowest BCUT2D eigenvalue weighted by atomic mass is 10.2. The van der Waals surface area contributed by atoms with Crippen molar-refractivity contribution in [3.8, 4) is 0 Å². The van der Waals surface area contributed by atoms with Gasteiger partial charge in [0.15, 0.2) is 0 Å². The molecule has 2 aromatic carbocycles. The summed E-state index contributed by atoms with van der Waals surface area (Å²) in [6.07, 6.45) is 6.90. The monoisotopic (exact) mass is 310 g/mol. The predicted octanol–water partition coefficient (Wildman–Crippen LogP) is 4.25. The van der Waals surface area contributed by atoms with Crippen molar-refractivity contribution in [3.63, 3.8) is 0 Å². The Morgan fingerprint density at radius 3 is 1.90 bits per heavy atom. The van der Waals surface area contributed by atoms with Gasteiger partial charge in [-0.05, 0) is 24.2 Å². The molecule has 2 aromatic rings. The second kappa shape index (κ2) is 6.69. The van der Waals surface area contributed by atoms with Crippen molar-refractivity contribution in [1.29, 1.82) is 0 Å². The van der Waals surface area contributed by atoms with E-state index in [-0.39, 0.29) is 0 Å². The summed E-state index contributed by atoms with van der Waals surface area (Å²) in [6, 6.07) is 21.9. The molecule has 0 bridgehead atoms. The topological polar surface area (TPSA) is 0 Å². The highest BCUT2D eigenvalue weighted by Crippen LogP contribution is 2.47. The summed E-state index contributed by atoms with van der Waals surface area (Å²) in [4.78, 5) is 0. The Morgan fingerprint density at radius 1 is 0.905 bits per heavy atom. The molecule has 1 aliphatic carbocycles. The first-order chi connectivity index (χ1) is 10.3. The predicted molar refractivity (Wildman–Crippen MR) is 99.3 cm³/mol. The van der Waals surface area contributed by atoms with Gasteiger partial charge in [0.1, 0.15) is 0 Å². The summed E-state index contributed by atoms with van der Waals surface area (Å²) < 4.78 is 0. The van der Waals surface area contributed by atoms with Crippen molar-refractivity contribution in [1.82, 2.24) is 0 Å². The molecule has 0 fully saturated rings. The van der Waals surface area contributed by atoms with Crippen molar-refractivity contribution in [2.24, 2.45) is 0 Å². The molecule has 0 N–H and O–H groups in total. The molecular formula is C19H20P2. The smallest absolute Gasteiger partial charge is 0.0272 e. The summed E-state index contributed by atoms with van der Waals surface area (Å²) >= 11 is 0. The lowest BCUT2D eigenvalue weighted by Crippen LogP contribution is -2.23. The van der Waals surface area contributed by atoms with Crippen LogP contribution in [0.2, 0.25) is 0 Å². The van der Waals surface area contributed by atoms with Gasteiger partial charge in [0.25, 0.3) is 0 Å². The van der Waals surface area contributed by atoms with Gasteiger partial charge < -0.3 is 0 Å². The van der Waals surface area contributed by atoms with Crippen LogP contribution in [0.15, 0.2) is 84.5 Å². The average molecular weight is 310 g/mol. The van der Waals surface area contributed by atoms with Crippen molar-refractivity contribution >= 4 is 27.8 Å². The highest BCUT2D eigenvalue weighted by molar-refractivity contribution is 7.74. The van der Waals surface area contributed by atoms with Gasteiger partial charge in [-0.3, -0.25) is 0 Å². The van der Waals surface area contributed by atoms with Crippen LogP contribution in [0, 0.1) is 0 Å². The molecule has 0 spiro atoms. The maximum Gasteiger partial charge on any atom is 0.0272 e. The van der Waals surface area contributed by atoms with Crippen molar-refractivity contribution in [2.45, 2.75) is 18.2 Å². The third-order valence-electron chi connectivity index (χ3n) is 3.80. The number of hydrogen-bond donors (Lipinski definition) is 0. The lowest BCUT2D eigenvalue weighted by molar-refractivity contribution is 1.08. The van der Waals surface area contributed by atoms with E-state index in [4.69, 9.17) is 0 Å². The molecule has 0 aliphatic heterocycles. The molecule has 21 heavy (non-hydrogen) atoms. The molecule has 0 radical (unpaired) electrons. The van der Waals surface area contributed by atoms with Gasteiger partial charge in [-0.15, -0.1) is 9.24 Å². The van der Waals surface area contributed by atoms with Crippen molar-refractivity contribution in [2.75, 3.05) is 0 Å². The average Bonchev–Trinajstić information content (AvgIpc) is 2.99. The van der Waals surface area contributed by atoms with E-state index in [1.807, 2.05) is 0 Å². The lowest BCUT2D eigenvalue weighted by Gasteiger charge is -2.28. The van der Waals surface area contributed by atoms with Crippen LogP contribution in [0.4, 0.5) is 0 Å². The van der Waals surface area contributed by atoms with E-state index < -0.39 is 7.92 Å². The summed E-state index contributed by atoms with van der Waals surface area (Å²) in [5, 5.41) is 2.90. The molecule has 2 unspecified atom stereocenters. The number of benzene rings is 2. The molecule has 106 valence electrons. The fraction of sp³-hybridized carbons (Fsp3) is 0.158. The Labute approximate surface area is 130 Å². The SMILES string of the molecule is CC(P)C1=CC=C[C@@H]1P(c1ccccc1)c1ccccc1. The van der Waals surface area contributed by atoms with Crippen LogP contribution in [-0.4, -0.2) is 11.3 Å². The zero-order chi connectivity index (χ0) is 14.7. The highest BCUT2D eigenvalue weighted by atomic mass is 31.1. The first kappa shape index (κ1) is 14.7. The van der Waals surface area contributed by atoms with Crippen LogP contribution < -0.4 is 10.6 Å². The maximum absolute atomic E-state index is 2.95. The third kappa shape index (κ3) is 3.18. The van der Waals surface area contributed by atoms with E-state index in [9.17, 15) is 0 Å². The Morgan fingerprint density at radius 2 is 1.43 bits per heavy atom. The Balaban J connectivity index is 2.06. The van der Waals surface area contributed by atoms with Crippen LogP contribution in [-0.2, 0) is 0 Å². The summed E-state index contributed by atoms with van der Waals surface area (Å²) in [6.45, 7) is 2.26. The second-order valence-electron chi connectivity index (χ2n) is 5.33. The van der Waals surface area contributed by atoms with Gasteiger partial charge >= 0.3 is 0 Å². The molecule has 0 heterocycles.